The average molecular weight is 374 g/mol. The molecule has 5 rings (SSSR count). The van der Waals surface area contributed by atoms with Crippen LogP contribution < -0.4 is 0 Å². The van der Waals surface area contributed by atoms with Crippen LogP contribution in [0, 0.1) is 0 Å². The second-order valence-electron chi connectivity index (χ2n) is 7.25. The van der Waals surface area contributed by atoms with Crippen LogP contribution in [0.3, 0.4) is 0 Å². The van der Waals surface area contributed by atoms with E-state index in [1.165, 1.54) is 0 Å². The number of carbonyl (C=O) groups is 2. The van der Waals surface area contributed by atoms with Crippen LogP contribution in [-0.4, -0.2) is 11.6 Å². The van der Waals surface area contributed by atoms with E-state index in [4.69, 9.17) is 0 Å². The molecule has 0 amide bonds. The molecule has 0 saturated carbocycles. The predicted molar refractivity (Wildman–Crippen MR) is 116 cm³/mol. The zero-order valence-electron chi connectivity index (χ0n) is 15.7. The predicted octanol–water partition coefficient (Wildman–Crippen LogP) is 6.09. The van der Waals surface area contributed by atoms with Crippen molar-refractivity contribution in [3.05, 3.63) is 125 Å². The van der Waals surface area contributed by atoms with E-state index in [1.807, 2.05) is 91.0 Å². The lowest BCUT2D eigenvalue weighted by Crippen LogP contribution is -2.23. The van der Waals surface area contributed by atoms with Gasteiger partial charge in [-0.25, -0.2) is 0 Å². The molecule has 4 aromatic rings. The molecule has 1 unspecified atom stereocenters. The number of rotatable bonds is 4. The zero-order valence-corrected chi connectivity index (χ0v) is 15.7. The summed E-state index contributed by atoms with van der Waals surface area (Å²) in [5.74, 6) is -0.779. The normalized spacial score (nSPS) is 15.0. The van der Waals surface area contributed by atoms with Crippen molar-refractivity contribution in [3.8, 4) is 0 Å². The zero-order chi connectivity index (χ0) is 19.8. The van der Waals surface area contributed by atoms with Crippen molar-refractivity contribution < 1.29 is 9.59 Å². The SMILES string of the molecule is O=C(C1=Cc2cccc3cccc(c23)C1C(=O)c1ccccc1)c1ccccc1. The van der Waals surface area contributed by atoms with Crippen LogP contribution in [0.5, 0.6) is 0 Å². The first-order valence-corrected chi connectivity index (χ1v) is 9.66. The maximum atomic E-state index is 13.6. The van der Waals surface area contributed by atoms with Gasteiger partial charge in [-0.1, -0.05) is 97.1 Å². The Kier molecular flexibility index (Phi) is 4.18. The first-order valence-electron chi connectivity index (χ1n) is 9.66. The molecule has 0 aliphatic heterocycles. The summed E-state index contributed by atoms with van der Waals surface area (Å²) >= 11 is 0. The second-order valence-corrected chi connectivity index (χ2v) is 7.25. The van der Waals surface area contributed by atoms with Crippen LogP contribution in [0.25, 0.3) is 16.8 Å². The molecule has 0 saturated heterocycles. The maximum Gasteiger partial charge on any atom is 0.190 e. The van der Waals surface area contributed by atoms with Gasteiger partial charge in [0.05, 0.1) is 5.92 Å². The van der Waals surface area contributed by atoms with E-state index in [-0.39, 0.29) is 11.6 Å². The number of hydrogen-bond acceptors (Lipinski definition) is 2. The second kappa shape index (κ2) is 6.99. The third-order valence-electron chi connectivity index (χ3n) is 5.52. The monoisotopic (exact) mass is 374 g/mol. The van der Waals surface area contributed by atoms with E-state index in [0.717, 1.165) is 21.9 Å². The van der Waals surface area contributed by atoms with E-state index in [2.05, 4.69) is 0 Å². The van der Waals surface area contributed by atoms with E-state index in [9.17, 15) is 9.59 Å². The summed E-state index contributed by atoms with van der Waals surface area (Å²) in [7, 11) is 0. The lowest BCUT2D eigenvalue weighted by Gasteiger charge is -2.26. The maximum absolute atomic E-state index is 13.6. The van der Waals surface area contributed by atoms with Crippen molar-refractivity contribution in [2.24, 2.45) is 0 Å². The Morgan fingerprint density at radius 1 is 0.621 bits per heavy atom. The summed E-state index contributed by atoms with van der Waals surface area (Å²) < 4.78 is 0. The van der Waals surface area contributed by atoms with Crippen molar-refractivity contribution in [2.75, 3.05) is 0 Å². The van der Waals surface area contributed by atoms with Crippen LogP contribution in [0.15, 0.2) is 103 Å². The van der Waals surface area contributed by atoms with Gasteiger partial charge >= 0.3 is 0 Å². The summed E-state index contributed by atoms with van der Waals surface area (Å²) in [5.41, 5.74) is 3.61. The standard InChI is InChI=1S/C27H18O2/c28-26(19-9-3-1-4-10-19)23-17-21-15-7-13-18-14-8-16-22(24(18)21)25(23)27(29)20-11-5-2-6-12-20/h1-17,25H. The van der Waals surface area contributed by atoms with Gasteiger partial charge in [-0.05, 0) is 28.0 Å². The van der Waals surface area contributed by atoms with Gasteiger partial charge in [0.1, 0.15) is 0 Å². The molecule has 2 heteroatoms. The molecular formula is C27H18O2. The highest BCUT2D eigenvalue weighted by Crippen LogP contribution is 2.41. The number of benzene rings is 4. The van der Waals surface area contributed by atoms with Crippen LogP contribution in [0.2, 0.25) is 0 Å². The van der Waals surface area contributed by atoms with E-state index in [0.29, 0.717) is 16.7 Å². The quantitative estimate of drug-likeness (QED) is 0.405. The van der Waals surface area contributed by atoms with Gasteiger partial charge < -0.3 is 0 Å². The van der Waals surface area contributed by atoms with Gasteiger partial charge in [0.2, 0.25) is 0 Å². The molecule has 0 N–H and O–H groups in total. The Bertz CT molecular complexity index is 1260. The van der Waals surface area contributed by atoms with E-state index in [1.54, 1.807) is 12.1 Å². The van der Waals surface area contributed by atoms with Crippen molar-refractivity contribution >= 4 is 28.4 Å². The minimum atomic E-state index is -0.622. The Hall–Kier alpha value is -3.78. The minimum absolute atomic E-state index is 0.0527. The van der Waals surface area contributed by atoms with Crippen molar-refractivity contribution in [1.29, 1.82) is 0 Å². The number of carbonyl (C=O) groups excluding carboxylic acids is 2. The van der Waals surface area contributed by atoms with Gasteiger partial charge in [-0.2, -0.15) is 0 Å². The molecular weight excluding hydrogens is 356 g/mol. The Morgan fingerprint density at radius 2 is 1.24 bits per heavy atom. The fourth-order valence-corrected chi connectivity index (χ4v) is 4.18. The first-order chi connectivity index (χ1) is 14.2. The van der Waals surface area contributed by atoms with Crippen LogP contribution >= 0.6 is 0 Å². The highest BCUT2D eigenvalue weighted by Gasteiger charge is 2.34. The molecule has 1 aliphatic rings. The lowest BCUT2D eigenvalue weighted by atomic mass is 9.75. The number of Topliss-reactive ketones (excluding diaryl/α,β-unsaturated/α-hetero) is 2. The fourth-order valence-electron chi connectivity index (χ4n) is 4.18. The molecule has 138 valence electrons. The van der Waals surface area contributed by atoms with Crippen molar-refractivity contribution in [1.82, 2.24) is 0 Å². The number of hydrogen-bond donors (Lipinski definition) is 0. The Balaban J connectivity index is 1.75. The van der Waals surface area contributed by atoms with Crippen LogP contribution in [0.4, 0.5) is 0 Å². The largest absolute Gasteiger partial charge is 0.293 e. The van der Waals surface area contributed by atoms with Gasteiger partial charge in [0.15, 0.2) is 11.6 Å². The Morgan fingerprint density at radius 3 is 1.93 bits per heavy atom. The third kappa shape index (κ3) is 2.90. The van der Waals surface area contributed by atoms with Gasteiger partial charge in [-0.3, -0.25) is 9.59 Å². The fraction of sp³-hybridized carbons (Fsp3) is 0.0370. The smallest absolute Gasteiger partial charge is 0.190 e. The lowest BCUT2D eigenvalue weighted by molar-refractivity contribution is 0.0941. The van der Waals surface area contributed by atoms with Crippen molar-refractivity contribution in [3.63, 3.8) is 0 Å². The van der Waals surface area contributed by atoms with Crippen LogP contribution in [-0.2, 0) is 0 Å². The van der Waals surface area contributed by atoms with Crippen LogP contribution in [0.1, 0.15) is 37.8 Å². The Labute approximate surface area is 169 Å². The van der Waals surface area contributed by atoms with E-state index < -0.39 is 5.92 Å². The third-order valence-corrected chi connectivity index (χ3v) is 5.52. The highest BCUT2D eigenvalue weighted by atomic mass is 16.1. The molecule has 0 spiro atoms. The molecule has 1 aliphatic carbocycles. The molecule has 2 nitrogen and oxygen atoms in total. The molecule has 0 aromatic heterocycles. The van der Waals surface area contributed by atoms with Crippen molar-refractivity contribution in [2.45, 2.75) is 5.92 Å². The summed E-state index contributed by atoms with van der Waals surface area (Å²) in [6.45, 7) is 0. The molecule has 29 heavy (non-hydrogen) atoms. The highest BCUT2D eigenvalue weighted by molar-refractivity contribution is 6.21. The number of ketones is 2. The molecule has 4 aromatic carbocycles. The van der Waals surface area contributed by atoms with Gasteiger partial charge in [-0.15, -0.1) is 0 Å². The molecule has 0 radical (unpaired) electrons. The van der Waals surface area contributed by atoms with Gasteiger partial charge in [0.25, 0.3) is 0 Å². The molecule has 0 fully saturated rings. The van der Waals surface area contributed by atoms with E-state index >= 15 is 0 Å². The van der Waals surface area contributed by atoms with Gasteiger partial charge in [0, 0.05) is 16.7 Å². The number of allylic oxidation sites excluding steroid dienone is 1. The first kappa shape index (κ1) is 17.3. The molecule has 0 bridgehead atoms. The topological polar surface area (TPSA) is 34.1 Å². The summed E-state index contributed by atoms with van der Waals surface area (Å²) in [5, 5.41) is 2.13. The summed E-state index contributed by atoms with van der Waals surface area (Å²) in [6.07, 6.45) is 1.90. The minimum Gasteiger partial charge on any atom is -0.293 e. The summed E-state index contributed by atoms with van der Waals surface area (Å²) in [6, 6.07) is 30.4. The summed E-state index contributed by atoms with van der Waals surface area (Å²) in [4.78, 5) is 27.1. The molecule has 1 atom stereocenters. The average Bonchev–Trinajstić information content (AvgIpc) is 2.79. The molecule has 0 heterocycles.